The monoisotopic (exact) mass is 754 g/mol. The first-order valence-electron chi connectivity index (χ1n) is 22.0. The Morgan fingerprint density at radius 3 is 0.768 bits per heavy atom. The number of rotatable bonds is 26. The van der Waals surface area contributed by atoms with Gasteiger partial charge >= 0.3 is 0 Å². The van der Waals surface area contributed by atoms with E-state index in [4.69, 9.17) is 24.9 Å². The van der Waals surface area contributed by atoms with Crippen LogP contribution in [0.5, 0.6) is 0 Å². The Labute approximate surface area is 338 Å². The molecule has 7 heteroatoms. The first-order valence-corrected chi connectivity index (χ1v) is 22.0. The van der Waals surface area contributed by atoms with Crippen molar-refractivity contribution >= 4 is 34.9 Å². The number of unbranched alkanes of at least 4 members (excludes halogenated alkanes) is 12. The van der Waals surface area contributed by atoms with Crippen molar-refractivity contribution in [2.75, 3.05) is 9.80 Å². The first-order chi connectivity index (χ1) is 27.6. The third kappa shape index (κ3) is 13.2. The summed E-state index contributed by atoms with van der Waals surface area (Å²) in [5, 5.41) is 0. The lowest BCUT2D eigenvalue weighted by molar-refractivity contribution is 0.660. The molecule has 298 valence electrons. The number of hydrogen-bond donors (Lipinski definition) is 0. The number of nitrogens with zero attached hydrogens (tertiary/aromatic N) is 7. The average Bonchev–Trinajstić information content (AvgIpc) is 3.23. The van der Waals surface area contributed by atoms with Crippen LogP contribution in [0.4, 0.5) is 34.9 Å². The quantitative estimate of drug-likeness (QED) is 0.0521. The third-order valence-electron chi connectivity index (χ3n) is 10.4. The molecule has 0 amide bonds. The number of hydrogen-bond acceptors (Lipinski definition) is 7. The highest BCUT2D eigenvalue weighted by atomic mass is 15.3. The molecule has 0 aliphatic carbocycles. The van der Waals surface area contributed by atoms with Gasteiger partial charge in [-0.1, -0.05) is 135 Å². The van der Waals surface area contributed by atoms with E-state index in [2.05, 4.69) is 128 Å². The van der Waals surface area contributed by atoms with Crippen LogP contribution in [0.3, 0.4) is 0 Å². The summed E-state index contributed by atoms with van der Waals surface area (Å²) in [5.41, 5.74) is 4.38. The molecule has 5 aromatic rings. The van der Waals surface area contributed by atoms with E-state index in [0.29, 0.717) is 0 Å². The normalized spacial score (nSPS) is 11.2. The highest BCUT2D eigenvalue weighted by Gasteiger charge is 2.22. The Balaban J connectivity index is 1.57. The zero-order chi connectivity index (χ0) is 39.2. The van der Waals surface area contributed by atoms with Crippen LogP contribution < -0.4 is 9.80 Å². The van der Waals surface area contributed by atoms with E-state index in [-0.39, 0.29) is 0 Å². The number of aryl methyl sites for hydroxylation is 4. The van der Waals surface area contributed by atoms with E-state index < -0.39 is 0 Å². The van der Waals surface area contributed by atoms with Gasteiger partial charge in [-0.2, -0.15) is 0 Å². The smallest absolute Gasteiger partial charge is 0.142 e. The van der Waals surface area contributed by atoms with E-state index >= 15 is 0 Å². The molecule has 0 aromatic carbocycles. The standard InChI is InChI=1S/C49H67N7/c1-5-9-13-17-26-40-30-21-34-44(50-40)55(45-35-22-31-41(51-45)27-18-14-10-6-2)48-38-25-39-49(54-48)56(46-36-23-32-42(52-46)28-19-15-11-7-3)47-37-24-33-43(53-47)29-20-16-12-8-4/h21-25,30-39H,5-20,26-29H2,1-4H3. The molecule has 0 spiro atoms. The van der Waals surface area contributed by atoms with Crippen molar-refractivity contribution in [1.29, 1.82) is 0 Å². The molecule has 0 saturated heterocycles. The minimum atomic E-state index is 0.755. The van der Waals surface area contributed by atoms with Crippen LogP contribution in [0.15, 0.2) is 91.0 Å². The second-order valence-corrected chi connectivity index (χ2v) is 15.2. The van der Waals surface area contributed by atoms with Crippen molar-refractivity contribution in [3.63, 3.8) is 0 Å². The molecular weight excluding hydrogens is 687 g/mol. The summed E-state index contributed by atoms with van der Waals surface area (Å²) in [5.74, 6) is 4.80. The fraction of sp³-hybridized carbons (Fsp3) is 0.490. The predicted octanol–water partition coefficient (Wildman–Crippen LogP) is 14.1. The average molecular weight is 754 g/mol. The molecule has 0 unspecified atom stereocenters. The van der Waals surface area contributed by atoms with Gasteiger partial charge in [0, 0.05) is 22.8 Å². The van der Waals surface area contributed by atoms with Crippen LogP contribution in [0.1, 0.15) is 153 Å². The molecule has 7 nitrogen and oxygen atoms in total. The molecule has 0 aliphatic rings. The van der Waals surface area contributed by atoms with E-state index in [9.17, 15) is 0 Å². The van der Waals surface area contributed by atoms with Crippen LogP contribution in [0, 0.1) is 0 Å². The highest BCUT2D eigenvalue weighted by molar-refractivity contribution is 5.74. The Morgan fingerprint density at radius 1 is 0.286 bits per heavy atom. The maximum absolute atomic E-state index is 5.44. The van der Waals surface area contributed by atoms with Gasteiger partial charge in [0.2, 0.25) is 0 Å². The molecule has 5 rings (SSSR count). The zero-order valence-electron chi connectivity index (χ0n) is 34.9. The number of anilines is 6. The van der Waals surface area contributed by atoms with Crippen LogP contribution in [0.25, 0.3) is 0 Å². The van der Waals surface area contributed by atoms with Crippen molar-refractivity contribution in [3.05, 3.63) is 114 Å². The second-order valence-electron chi connectivity index (χ2n) is 15.2. The lowest BCUT2D eigenvalue weighted by Gasteiger charge is -2.26. The Hall–Kier alpha value is -4.65. The van der Waals surface area contributed by atoms with E-state index in [0.717, 1.165) is 109 Å². The van der Waals surface area contributed by atoms with Gasteiger partial charge in [-0.05, 0) is 112 Å². The molecule has 0 radical (unpaired) electrons. The number of pyridine rings is 5. The first kappa shape index (κ1) is 42.5. The number of aromatic nitrogens is 5. The Morgan fingerprint density at radius 2 is 0.518 bits per heavy atom. The summed E-state index contributed by atoms with van der Waals surface area (Å²) in [7, 11) is 0. The van der Waals surface area contributed by atoms with Crippen molar-refractivity contribution in [3.8, 4) is 0 Å². The van der Waals surface area contributed by atoms with Crippen LogP contribution in [0.2, 0.25) is 0 Å². The Kier molecular flexibility index (Phi) is 18.3. The SMILES string of the molecule is CCCCCCc1cccc(N(c2cccc(CCCCCC)n2)c2cccc(N(c3cccc(CCCCCC)n3)c3cccc(CCCCCC)n3)n2)n1. The summed E-state index contributed by atoms with van der Waals surface area (Å²) in [6.45, 7) is 9.03. The summed E-state index contributed by atoms with van der Waals surface area (Å²) < 4.78 is 0. The summed E-state index contributed by atoms with van der Waals surface area (Å²) in [6, 6.07) is 31.7. The molecule has 0 aliphatic heterocycles. The lowest BCUT2D eigenvalue weighted by atomic mass is 10.1. The molecule has 5 heterocycles. The van der Waals surface area contributed by atoms with Gasteiger partial charge in [-0.25, -0.2) is 24.9 Å². The van der Waals surface area contributed by atoms with E-state index in [1.807, 2.05) is 0 Å². The van der Waals surface area contributed by atoms with Crippen LogP contribution in [-0.4, -0.2) is 24.9 Å². The van der Waals surface area contributed by atoms with Crippen molar-refractivity contribution in [2.45, 2.75) is 156 Å². The lowest BCUT2D eigenvalue weighted by Crippen LogP contribution is -2.19. The van der Waals surface area contributed by atoms with Crippen molar-refractivity contribution < 1.29 is 0 Å². The molecule has 5 aromatic heterocycles. The summed E-state index contributed by atoms with van der Waals surface area (Å²) >= 11 is 0. The van der Waals surface area contributed by atoms with Crippen LogP contribution >= 0.6 is 0 Å². The van der Waals surface area contributed by atoms with Gasteiger partial charge in [0.1, 0.15) is 34.9 Å². The van der Waals surface area contributed by atoms with Gasteiger partial charge < -0.3 is 0 Å². The van der Waals surface area contributed by atoms with Crippen molar-refractivity contribution in [1.82, 2.24) is 24.9 Å². The van der Waals surface area contributed by atoms with Gasteiger partial charge in [-0.3, -0.25) is 9.80 Å². The zero-order valence-corrected chi connectivity index (χ0v) is 34.9. The highest BCUT2D eigenvalue weighted by Crippen LogP contribution is 2.36. The largest absolute Gasteiger partial charge is 0.262 e. The molecule has 0 fully saturated rings. The van der Waals surface area contributed by atoms with Gasteiger partial charge in [0.05, 0.1) is 0 Å². The molecule has 0 atom stereocenters. The van der Waals surface area contributed by atoms with E-state index in [1.165, 1.54) is 77.0 Å². The minimum absolute atomic E-state index is 0.755. The molecular formula is C49H67N7. The fourth-order valence-corrected chi connectivity index (χ4v) is 7.22. The van der Waals surface area contributed by atoms with E-state index in [1.54, 1.807) is 0 Å². The van der Waals surface area contributed by atoms with Gasteiger partial charge in [-0.15, -0.1) is 0 Å². The maximum Gasteiger partial charge on any atom is 0.142 e. The minimum Gasteiger partial charge on any atom is -0.262 e. The summed E-state index contributed by atoms with van der Waals surface area (Å²) in [6.07, 6.45) is 23.1. The van der Waals surface area contributed by atoms with Gasteiger partial charge in [0.15, 0.2) is 0 Å². The van der Waals surface area contributed by atoms with Crippen molar-refractivity contribution in [2.24, 2.45) is 0 Å². The third-order valence-corrected chi connectivity index (χ3v) is 10.4. The molecule has 56 heavy (non-hydrogen) atoms. The Bertz CT molecular complexity index is 1620. The predicted molar refractivity (Wildman–Crippen MR) is 236 cm³/mol. The fourth-order valence-electron chi connectivity index (χ4n) is 7.22. The topological polar surface area (TPSA) is 70.9 Å². The maximum atomic E-state index is 5.44. The molecule has 0 bridgehead atoms. The van der Waals surface area contributed by atoms with Gasteiger partial charge in [0.25, 0.3) is 0 Å². The second kappa shape index (κ2) is 24.1. The molecule has 0 N–H and O–H groups in total. The summed E-state index contributed by atoms with van der Waals surface area (Å²) in [4.78, 5) is 30.7. The van der Waals surface area contributed by atoms with Crippen LogP contribution in [-0.2, 0) is 25.7 Å². The molecule has 0 saturated carbocycles.